The van der Waals surface area contributed by atoms with E-state index in [1.54, 1.807) is 6.07 Å². The van der Waals surface area contributed by atoms with Crippen molar-refractivity contribution in [1.29, 1.82) is 0 Å². The Morgan fingerprint density at radius 3 is 2.69 bits per heavy atom. The largest absolute Gasteiger partial charge is 0.477 e. The molecule has 1 N–H and O–H groups in total. The summed E-state index contributed by atoms with van der Waals surface area (Å²) in [5.74, 6) is -0.866. The molecule has 0 unspecified atom stereocenters. The van der Waals surface area contributed by atoms with Gasteiger partial charge in [-0.15, -0.1) is 11.3 Å². The monoisotopic (exact) mass is 296 g/mol. The molecule has 0 spiro atoms. The second kappa shape index (κ2) is 4.39. The Kier molecular flexibility index (Phi) is 3.12. The smallest absolute Gasteiger partial charge is 0.345 e. The molecule has 2 rings (SSSR count). The summed E-state index contributed by atoms with van der Waals surface area (Å²) in [5.41, 5.74) is 2.05. The molecular weight excluding hydrogens is 288 g/mol. The van der Waals surface area contributed by atoms with Crippen LogP contribution in [0.15, 0.2) is 34.8 Å². The van der Waals surface area contributed by atoms with Crippen molar-refractivity contribution in [3.8, 4) is 10.4 Å². The Bertz CT molecular complexity index is 546. The van der Waals surface area contributed by atoms with Crippen molar-refractivity contribution in [2.24, 2.45) is 0 Å². The molecule has 0 aliphatic rings. The first-order valence-electron chi connectivity index (χ1n) is 4.67. The van der Waals surface area contributed by atoms with Gasteiger partial charge in [0.1, 0.15) is 4.88 Å². The van der Waals surface area contributed by atoms with Crippen LogP contribution in [-0.2, 0) is 0 Å². The topological polar surface area (TPSA) is 37.3 Å². The van der Waals surface area contributed by atoms with Crippen LogP contribution >= 0.6 is 27.3 Å². The van der Waals surface area contributed by atoms with Gasteiger partial charge in [0.2, 0.25) is 0 Å². The quantitative estimate of drug-likeness (QED) is 0.902. The van der Waals surface area contributed by atoms with Gasteiger partial charge in [-0.3, -0.25) is 0 Å². The van der Waals surface area contributed by atoms with Crippen LogP contribution in [-0.4, -0.2) is 11.1 Å². The van der Waals surface area contributed by atoms with E-state index >= 15 is 0 Å². The highest BCUT2D eigenvalue weighted by Gasteiger charge is 2.12. The molecule has 2 aromatic rings. The van der Waals surface area contributed by atoms with Gasteiger partial charge in [0.15, 0.2) is 0 Å². The van der Waals surface area contributed by atoms with Gasteiger partial charge in [-0.1, -0.05) is 28.1 Å². The molecule has 0 bridgehead atoms. The average molecular weight is 297 g/mol. The second-order valence-corrected chi connectivity index (χ2v) is 5.41. The number of rotatable bonds is 2. The number of carbonyl (C=O) groups is 1. The summed E-state index contributed by atoms with van der Waals surface area (Å²) in [6, 6.07) is 9.58. The summed E-state index contributed by atoms with van der Waals surface area (Å²) in [7, 11) is 0. The standard InChI is InChI=1S/C12H9BrO2S/c1-7-5-10(12(14)15)16-11(7)8-3-2-4-9(13)6-8/h2-6H,1H3,(H,14,15). The number of aromatic carboxylic acids is 1. The molecule has 0 saturated carbocycles. The Hall–Kier alpha value is -1.13. The van der Waals surface area contributed by atoms with Gasteiger partial charge in [0, 0.05) is 9.35 Å². The molecule has 2 nitrogen and oxygen atoms in total. The normalized spacial score (nSPS) is 10.4. The molecule has 0 saturated heterocycles. The van der Waals surface area contributed by atoms with Crippen molar-refractivity contribution in [2.75, 3.05) is 0 Å². The maximum absolute atomic E-state index is 10.9. The lowest BCUT2D eigenvalue weighted by molar-refractivity contribution is 0.0702. The van der Waals surface area contributed by atoms with Gasteiger partial charge < -0.3 is 5.11 Å². The van der Waals surface area contributed by atoms with Gasteiger partial charge in [-0.2, -0.15) is 0 Å². The van der Waals surface area contributed by atoms with E-state index in [9.17, 15) is 4.79 Å². The summed E-state index contributed by atoms with van der Waals surface area (Å²) in [4.78, 5) is 12.3. The number of thiophene rings is 1. The molecule has 1 heterocycles. The van der Waals surface area contributed by atoms with Crippen molar-refractivity contribution in [3.05, 3.63) is 45.2 Å². The molecule has 4 heteroatoms. The SMILES string of the molecule is Cc1cc(C(=O)O)sc1-c1cccc(Br)c1. The van der Waals surface area contributed by atoms with Crippen molar-refractivity contribution < 1.29 is 9.90 Å². The molecule has 0 aliphatic heterocycles. The number of carboxylic acids is 1. The van der Waals surface area contributed by atoms with Crippen molar-refractivity contribution in [3.63, 3.8) is 0 Å². The minimum atomic E-state index is -0.866. The lowest BCUT2D eigenvalue weighted by Crippen LogP contribution is -1.89. The minimum Gasteiger partial charge on any atom is -0.477 e. The molecule has 0 aliphatic carbocycles. The molecule has 1 aromatic carbocycles. The van der Waals surface area contributed by atoms with Crippen LogP contribution in [0.3, 0.4) is 0 Å². The predicted octanol–water partition coefficient (Wildman–Crippen LogP) is 4.18. The van der Waals surface area contributed by atoms with Crippen LogP contribution in [0.1, 0.15) is 15.2 Å². The van der Waals surface area contributed by atoms with E-state index in [1.807, 2.05) is 31.2 Å². The number of carboxylic acid groups (broad SMARTS) is 1. The fourth-order valence-electron chi connectivity index (χ4n) is 1.50. The number of hydrogen-bond acceptors (Lipinski definition) is 2. The van der Waals surface area contributed by atoms with Crippen LogP contribution in [0.5, 0.6) is 0 Å². The van der Waals surface area contributed by atoms with Gasteiger partial charge in [0.25, 0.3) is 0 Å². The molecule has 16 heavy (non-hydrogen) atoms. The third-order valence-corrected chi connectivity index (χ3v) is 3.98. The van der Waals surface area contributed by atoms with E-state index in [2.05, 4.69) is 15.9 Å². The maximum atomic E-state index is 10.9. The summed E-state index contributed by atoms with van der Waals surface area (Å²) in [5, 5.41) is 8.93. The van der Waals surface area contributed by atoms with Crippen molar-refractivity contribution >= 4 is 33.2 Å². The van der Waals surface area contributed by atoms with Gasteiger partial charge >= 0.3 is 5.97 Å². The molecule has 1 aromatic heterocycles. The van der Waals surface area contributed by atoms with E-state index in [4.69, 9.17) is 5.11 Å². The third kappa shape index (κ3) is 2.18. The molecule has 0 fully saturated rings. The van der Waals surface area contributed by atoms with E-state index in [0.717, 1.165) is 20.5 Å². The maximum Gasteiger partial charge on any atom is 0.345 e. The van der Waals surface area contributed by atoms with Gasteiger partial charge in [0.05, 0.1) is 0 Å². The number of halogens is 1. The third-order valence-electron chi connectivity index (χ3n) is 2.22. The van der Waals surface area contributed by atoms with E-state index in [0.29, 0.717) is 4.88 Å². The average Bonchev–Trinajstić information content (AvgIpc) is 2.60. The number of benzene rings is 1. The molecule has 0 amide bonds. The first kappa shape index (κ1) is 11.4. The van der Waals surface area contributed by atoms with E-state index < -0.39 is 5.97 Å². The van der Waals surface area contributed by atoms with Crippen molar-refractivity contribution in [1.82, 2.24) is 0 Å². The Morgan fingerprint density at radius 2 is 2.12 bits per heavy atom. The lowest BCUT2D eigenvalue weighted by Gasteiger charge is -1.99. The van der Waals surface area contributed by atoms with Crippen LogP contribution in [0.25, 0.3) is 10.4 Å². The first-order valence-corrected chi connectivity index (χ1v) is 6.28. The van der Waals surface area contributed by atoms with Crippen LogP contribution in [0.4, 0.5) is 0 Å². The Balaban J connectivity index is 2.52. The van der Waals surface area contributed by atoms with Crippen LogP contribution < -0.4 is 0 Å². The van der Waals surface area contributed by atoms with Gasteiger partial charge in [-0.25, -0.2) is 4.79 Å². The summed E-state index contributed by atoms with van der Waals surface area (Å²) in [6.45, 7) is 1.93. The first-order chi connectivity index (χ1) is 7.58. The van der Waals surface area contributed by atoms with Gasteiger partial charge in [-0.05, 0) is 36.2 Å². The van der Waals surface area contributed by atoms with Crippen LogP contribution in [0.2, 0.25) is 0 Å². The van der Waals surface area contributed by atoms with Crippen molar-refractivity contribution in [2.45, 2.75) is 6.92 Å². The number of aryl methyl sites for hydroxylation is 1. The number of hydrogen-bond donors (Lipinski definition) is 1. The highest BCUT2D eigenvalue weighted by atomic mass is 79.9. The fourth-order valence-corrected chi connectivity index (χ4v) is 2.91. The van der Waals surface area contributed by atoms with E-state index in [-0.39, 0.29) is 0 Å². The highest BCUT2D eigenvalue weighted by Crippen LogP contribution is 2.33. The fraction of sp³-hybridized carbons (Fsp3) is 0.0833. The molecule has 0 radical (unpaired) electrons. The van der Waals surface area contributed by atoms with E-state index in [1.165, 1.54) is 11.3 Å². The summed E-state index contributed by atoms with van der Waals surface area (Å²) in [6.07, 6.45) is 0. The molecule has 0 atom stereocenters. The highest BCUT2D eigenvalue weighted by molar-refractivity contribution is 9.10. The zero-order valence-electron chi connectivity index (χ0n) is 8.53. The lowest BCUT2D eigenvalue weighted by atomic mass is 10.1. The summed E-state index contributed by atoms with van der Waals surface area (Å²) >= 11 is 4.72. The zero-order valence-corrected chi connectivity index (χ0v) is 10.9. The van der Waals surface area contributed by atoms with Crippen LogP contribution in [0, 0.1) is 6.92 Å². The molecular formula is C12H9BrO2S. The second-order valence-electron chi connectivity index (χ2n) is 3.44. The predicted molar refractivity (Wildman–Crippen MR) is 69.2 cm³/mol. The summed E-state index contributed by atoms with van der Waals surface area (Å²) < 4.78 is 0.995. The zero-order chi connectivity index (χ0) is 11.7. The minimum absolute atomic E-state index is 0.382. The Morgan fingerprint density at radius 1 is 1.38 bits per heavy atom. The molecule has 82 valence electrons. The Labute approximate surface area is 106 Å².